The fourth-order valence-electron chi connectivity index (χ4n) is 6.11. The third kappa shape index (κ3) is 2.71. The highest BCUT2D eigenvalue weighted by atomic mass is 16.5. The molecule has 182 valence electrons. The van der Waals surface area contributed by atoms with Gasteiger partial charge in [-0.05, 0) is 31.4 Å². The van der Waals surface area contributed by atoms with Gasteiger partial charge in [0.2, 0.25) is 0 Å². The molecule has 0 radical (unpaired) electrons. The summed E-state index contributed by atoms with van der Waals surface area (Å²) in [5, 5.41) is 13.2. The number of benzene rings is 1. The second-order valence-corrected chi connectivity index (χ2v) is 9.40. The number of hydrogen-bond donors (Lipinski definition) is 4. The van der Waals surface area contributed by atoms with Gasteiger partial charge in [-0.2, -0.15) is 0 Å². The minimum atomic E-state index is -0.146. The van der Waals surface area contributed by atoms with Gasteiger partial charge >= 0.3 is 0 Å². The molecule has 4 aromatic heterocycles. The zero-order valence-electron chi connectivity index (χ0n) is 19.9. The molecule has 0 aliphatic carbocycles. The van der Waals surface area contributed by atoms with Gasteiger partial charge in [0.25, 0.3) is 5.56 Å². The van der Waals surface area contributed by atoms with Crippen molar-refractivity contribution in [3.05, 3.63) is 70.2 Å². The van der Waals surface area contributed by atoms with Gasteiger partial charge in [-0.15, -0.1) is 0 Å². The Morgan fingerprint density at radius 1 is 1.03 bits per heavy atom. The van der Waals surface area contributed by atoms with Crippen LogP contribution in [0.4, 0.5) is 0 Å². The van der Waals surface area contributed by atoms with Crippen molar-refractivity contribution in [2.24, 2.45) is 0 Å². The van der Waals surface area contributed by atoms with Gasteiger partial charge in [-0.25, -0.2) is 0 Å². The molecule has 1 aromatic carbocycles. The van der Waals surface area contributed by atoms with Gasteiger partial charge < -0.3 is 34.4 Å². The molecule has 6 heterocycles. The molecular formula is C27H25N5O4. The number of H-pyrrole nitrogens is 3. The Hall–Kier alpha value is -4.40. The predicted molar refractivity (Wildman–Crippen MR) is 137 cm³/mol. The SMILES string of the molecule is COC1=CN2C(CCCC2c2ncc(OC)c3c2[nH]c2c(O)cccc23)c2[nH]c3c(=O)[nH]ccc3c21. The Kier molecular flexibility index (Phi) is 4.39. The van der Waals surface area contributed by atoms with Crippen LogP contribution in [0.2, 0.25) is 0 Å². The summed E-state index contributed by atoms with van der Waals surface area (Å²) >= 11 is 0. The molecule has 2 aliphatic heterocycles. The summed E-state index contributed by atoms with van der Waals surface area (Å²) in [5.41, 5.74) is 4.75. The Bertz CT molecular complexity index is 1760. The van der Waals surface area contributed by atoms with Crippen LogP contribution in [0.3, 0.4) is 0 Å². The topological polar surface area (TPSA) is 119 Å². The molecular weight excluding hydrogens is 458 g/mol. The van der Waals surface area contributed by atoms with Crippen molar-refractivity contribution in [3.8, 4) is 11.5 Å². The first-order chi connectivity index (χ1) is 17.6. The second-order valence-electron chi connectivity index (χ2n) is 9.40. The van der Waals surface area contributed by atoms with Crippen LogP contribution >= 0.6 is 0 Å². The Morgan fingerprint density at radius 3 is 2.72 bits per heavy atom. The molecule has 1 saturated heterocycles. The first-order valence-electron chi connectivity index (χ1n) is 12.0. The molecule has 0 bridgehead atoms. The zero-order valence-corrected chi connectivity index (χ0v) is 19.9. The smallest absolute Gasteiger partial charge is 0.272 e. The van der Waals surface area contributed by atoms with E-state index in [2.05, 4.69) is 26.1 Å². The van der Waals surface area contributed by atoms with Crippen LogP contribution in [0.25, 0.3) is 38.5 Å². The number of aromatic nitrogens is 4. The van der Waals surface area contributed by atoms with E-state index in [0.29, 0.717) is 22.5 Å². The molecule has 1 fully saturated rings. The maximum absolute atomic E-state index is 12.5. The largest absolute Gasteiger partial charge is 0.506 e. The van der Waals surface area contributed by atoms with Gasteiger partial charge in [0.1, 0.15) is 22.8 Å². The number of aromatic hydroxyl groups is 1. The van der Waals surface area contributed by atoms with E-state index in [0.717, 1.165) is 57.9 Å². The second kappa shape index (κ2) is 7.55. The summed E-state index contributed by atoms with van der Waals surface area (Å²) in [4.78, 5) is 29.3. The number of methoxy groups -OCH3 is 2. The Labute approximate surface area is 205 Å². The molecule has 0 spiro atoms. The van der Waals surface area contributed by atoms with E-state index < -0.39 is 0 Å². The van der Waals surface area contributed by atoms with Crippen LogP contribution in [0.15, 0.2) is 47.7 Å². The summed E-state index contributed by atoms with van der Waals surface area (Å²) in [5.74, 6) is 1.55. The lowest BCUT2D eigenvalue weighted by atomic mass is 9.87. The molecule has 2 unspecified atom stereocenters. The Balaban J connectivity index is 1.45. The molecule has 0 saturated carbocycles. The number of phenols is 1. The average Bonchev–Trinajstić information content (AvgIpc) is 3.49. The molecule has 4 N–H and O–H groups in total. The third-order valence-corrected chi connectivity index (χ3v) is 7.67. The highest BCUT2D eigenvalue weighted by Crippen LogP contribution is 2.50. The number of ether oxygens (including phenoxy) is 2. The highest BCUT2D eigenvalue weighted by Gasteiger charge is 2.39. The number of fused-ring (bicyclic) bond motifs is 8. The molecule has 0 amide bonds. The summed E-state index contributed by atoms with van der Waals surface area (Å²) < 4.78 is 11.5. The number of pyridine rings is 2. The average molecular weight is 484 g/mol. The zero-order chi connectivity index (χ0) is 24.6. The molecule has 9 heteroatoms. The summed E-state index contributed by atoms with van der Waals surface area (Å²) in [6, 6.07) is 7.39. The number of phenolic OH excluding ortho intramolecular Hbond substituents is 1. The maximum Gasteiger partial charge on any atom is 0.272 e. The lowest BCUT2D eigenvalue weighted by Gasteiger charge is -2.44. The Morgan fingerprint density at radius 2 is 1.89 bits per heavy atom. The van der Waals surface area contributed by atoms with E-state index in [1.807, 2.05) is 18.2 Å². The number of nitrogens with zero attached hydrogens (tertiary/aromatic N) is 2. The maximum atomic E-state index is 12.5. The number of piperidine rings is 1. The van der Waals surface area contributed by atoms with Gasteiger partial charge in [-0.3, -0.25) is 9.78 Å². The van der Waals surface area contributed by atoms with Crippen LogP contribution in [0.5, 0.6) is 11.5 Å². The molecule has 2 aliphatic rings. The molecule has 9 nitrogen and oxygen atoms in total. The third-order valence-electron chi connectivity index (χ3n) is 7.67. The van der Waals surface area contributed by atoms with Crippen LogP contribution in [0.1, 0.15) is 48.3 Å². The monoisotopic (exact) mass is 483 g/mol. The first-order valence-corrected chi connectivity index (χ1v) is 12.0. The number of rotatable bonds is 3. The van der Waals surface area contributed by atoms with Crippen molar-refractivity contribution >= 4 is 38.5 Å². The lowest BCUT2D eigenvalue weighted by Crippen LogP contribution is -2.36. The molecule has 2 atom stereocenters. The van der Waals surface area contributed by atoms with E-state index in [9.17, 15) is 9.90 Å². The van der Waals surface area contributed by atoms with Crippen LogP contribution < -0.4 is 10.3 Å². The molecule has 36 heavy (non-hydrogen) atoms. The molecule has 5 aromatic rings. The summed E-state index contributed by atoms with van der Waals surface area (Å²) in [7, 11) is 3.29. The minimum Gasteiger partial charge on any atom is -0.506 e. The van der Waals surface area contributed by atoms with E-state index in [1.165, 1.54) is 0 Å². The lowest BCUT2D eigenvalue weighted by molar-refractivity contribution is 0.128. The number of para-hydroxylation sites is 1. The van der Waals surface area contributed by atoms with Crippen LogP contribution in [-0.2, 0) is 4.74 Å². The van der Waals surface area contributed by atoms with Crippen molar-refractivity contribution in [1.82, 2.24) is 24.8 Å². The number of nitrogens with one attached hydrogen (secondary N) is 3. The van der Waals surface area contributed by atoms with E-state index >= 15 is 0 Å². The summed E-state index contributed by atoms with van der Waals surface area (Å²) in [6.07, 6.45) is 8.32. The van der Waals surface area contributed by atoms with Crippen molar-refractivity contribution in [3.63, 3.8) is 0 Å². The number of aromatic amines is 3. The number of hydrogen-bond acceptors (Lipinski definition) is 6. The van der Waals surface area contributed by atoms with E-state index in [-0.39, 0.29) is 23.4 Å². The fraction of sp³-hybridized carbons (Fsp3) is 0.259. The van der Waals surface area contributed by atoms with Gasteiger partial charge in [0.05, 0.1) is 60.3 Å². The standard InChI is InChI=1S/C27H25N5O4/c1-35-18-11-29-25(26-20(18)13-5-3-8-17(33)22(13)30-26)16-7-4-6-15-24-21(19(36-2)12-32(15)16)14-9-10-28-27(34)23(14)31-24/h3,5,8-12,15-16,30-31,33H,4,6-7H2,1-2H3,(H,28,34). The van der Waals surface area contributed by atoms with Crippen molar-refractivity contribution in [2.75, 3.05) is 14.2 Å². The van der Waals surface area contributed by atoms with Crippen molar-refractivity contribution < 1.29 is 14.6 Å². The van der Waals surface area contributed by atoms with Crippen molar-refractivity contribution in [1.29, 1.82) is 0 Å². The van der Waals surface area contributed by atoms with Gasteiger partial charge in [0, 0.05) is 28.7 Å². The highest BCUT2D eigenvalue weighted by molar-refractivity contribution is 6.12. The first kappa shape index (κ1) is 20.9. The fourth-order valence-corrected chi connectivity index (χ4v) is 6.11. The minimum absolute atomic E-state index is 0.0428. The van der Waals surface area contributed by atoms with Crippen LogP contribution in [-0.4, -0.2) is 44.2 Å². The molecule has 7 rings (SSSR count). The normalized spacial score (nSPS) is 19.4. The van der Waals surface area contributed by atoms with Gasteiger partial charge in [-0.1, -0.05) is 12.1 Å². The van der Waals surface area contributed by atoms with Crippen LogP contribution in [0, 0.1) is 0 Å². The van der Waals surface area contributed by atoms with Gasteiger partial charge in [0.15, 0.2) is 0 Å². The van der Waals surface area contributed by atoms with E-state index in [1.54, 1.807) is 32.7 Å². The quantitative estimate of drug-likeness (QED) is 0.292. The van der Waals surface area contributed by atoms with Crippen molar-refractivity contribution in [2.45, 2.75) is 31.3 Å². The van der Waals surface area contributed by atoms with E-state index in [4.69, 9.17) is 14.5 Å². The predicted octanol–water partition coefficient (Wildman–Crippen LogP) is 4.83. The summed E-state index contributed by atoms with van der Waals surface area (Å²) in [6.45, 7) is 0.